The highest BCUT2D eigenvalue weighted by Gasteiger charge is 2.17. The summed E-state index contributed by atoms with van der Waals surface area (Å²) in [6.07, 6.45) is 0. The number of rotatable bonds is 5. The standard InChI is InChI=1S/C20H26N2O2/c1-16-13-17(2)15-20(14-16)24-12-11-21-7-9-22(10-8-21)18-3-5-19(23)6-4-18/h3-6,13-15,23H,7-12H2,1-2H3. The van der Waals surface area contributed by atoms with Crippen LogP contribution in [0.4, 0.5) is 5.69 Å². The van der Waals surface area contributed by atoms with E-state index in [4.69, 9.17) is 4.74 Å². The molecule has 0 atom stereocenters. The third-order valence-corrected chi connectivity index (χ3v) is 4.46. The number of phenols is 1. The number of aromatic hydroxyl groups is 1. The van der Waals surface area contributed by atoms with Crippen LogP contribution in [0.3, 0.4) is 0 Å². The van der Waals surface area contributed by atoms with Crippen molar-refractivity contribution in [2.75, 3.05) is 44.2 Å². The van der Waals surface area contributed by atoms with Crippen molar-refractivity contribution in [1.82, 2.24) is 4.90 Å². The van der Waals surface area contributed by atoms with E-state index in [0.717, 1.165) is 45.1 Å². The largest absolute Gasteiger partial charge is 0.508 e. The molecule has 0 saturated carbocycles. The second-order valence-corrected chi connectivity index (χ2v) is 6.52. The fraction of sp³-hybridized carbons (Fsp3) is 0.400. The van der Waals surface area contributed by atoms with E-state index in [-0.39, 0.29) is 0 Å². The molecule has 0 radical (unpaired) electrons. The van der Waals surface area contributed by atoms with Gasteiger partial charge in [-0.15, -0.1) is 0 Å². The number of hydrogen-bond donors (Lipinski definition) is 1. The number of benzene rings is 2. The third kappa shape index (κ3) is 4.42. The lowest BCUT2D eigenvalue weighted by molar-refractivity contribution is 0.200. The highest BCUT2D eigenvalue weighted by Crippen LogP contribution is 2.20. The molecule has 4 nitrogen and oxygen atoms in total. The topological polar surface area (TPSA) is 35.9 Å². The summed E-state index contributed by atoms with van der Waals surface area (Å²) in [7, 11) is 0. The molecule has 0 amide bonds. The first-order chi connectivity index (χ1) is 11.6. The minimum Gasteiger partial charge on any atom is -0.508 e. The van der Waals surface area contributed by atoms with Gasteiger partial charge in [0, 0.05) is 38.4 Å². The van der Waals surface area contributed by atoms with Gasteiger partial charge in [0.05, 0.1) is 0 Å². The summed E-state index contributed by atoms with van der Waals surface area (Å²) >= 11 is 0. The van der Waals surface area contributed by atoms with Crippen molar-refractivity contribution in [3.05, 3.63) is 53.6 Å². The van der Waals surface area contributed by atoms with Crippen molar-refractivity contribution >= 4 is 5.69 Å². The van der Waals surface area contributed by atoms with Crippen LogP contribution >= 0.6 is 0 Å². The molecule has 2 aromatic rings. The summed E-state index contributed by atoms with van der Waals surface area (Å²) in [4.78, 5) is 4.81. The van der Waals surface area contributed by atoms with Crippen molar-refractivity contribution in [3.63, 3.8) is 0 Å². The lowest BCUT2D eigenvalue weighted by Gasteiger charge is -2.36. The quantitative estimate of drug-likeness (QED) is 0.915. The number of ether oxygens (including phenoxy) is 1. The molecule has 1 aliphatic heterocycles. The Hall–Kier alpha value is -2.20. The SMILES string of the molecule is Cc1cc(C)cc(OCCN2CCN(c3ccc(O)cc3)CC2)c1. The van der Waals surface area contributed by atoms with Gasteiger partial charge in [-0.25, -0.2) is 0 Å². The average Bonchev–Trinajstić information content (AvgIpc) is 2.55. The smallest absolute Gasteiger partial charge is 0.119 e. The molecule has 0 aromatic heterocycles. The highest BCUT2D eigenvalue weighted by atomic mass is 16.5. The minimum atomic E-state index is 0.320. The second-order valence-electron chi connectivity index (χ2n) is 6.52. The van der Waals surface area contributed by atoms with E-state index < -0.39 is 0 Å². The number of hydrogen-bond acceptors (Lipinski definition) is 4. The van der Waals surface area contributed by atoms with Crippen molar-refractivity contribution in [1.29, 1.82) is 0 Å². The summed E-state index contributed by atoms with van der Waals surface area (Å²) in [5.41, 5.74) is 3.67. The van der Waals surface area contributed by atoms with Gasteiger partial charge in [0.2, 0.25) is 0 Å². The van der Waals surface area contributed by atoms with Gasteiger partial charge in [-0.2, -0.15) is 0 Å². The molecule has 24 heavy (non-hydrogen) atoms. The average molecular weight is 326 g/mol. The van der Waals surface area contributed by atoms with Crippen molar-refractivity contribution in [2.45, 2.75) is 13.8 Å². The molecule has 0 unspecified atom stereocenters. The Balaban J connectivity index is 1.43. The van der Waals surface area contributed by atoms with Crippen LogP contribution in [0.2, 0.25) is 0 Å². The molecule has 1 fully saturated rings. The number of nitrogens with zero attached hydrogens (tertiary/aromatic N) is 2. The maximum Gasteiger partial charge on any atom is 0.119 e. The van der Waals surface area contributed by atoms with Gasteiger partial charge in [-0.3, -0.25) is 4.90 Å². The summed E-state index contributed by atoms with van der Waals surface area (Å²) < 4.78 is 5.91. The van der Waals surface area contributed by atoms with Gasteiger partial charge in [0.25, 0.3) is 0 Å². The zero-order valence-corrected chi connectivity index (χ0v) is 14.5. The minimum absolute atomic E-state index is 0.320. The summed E-state index contributed by atoms with van der Waals surface area (Å²) in [6.45, 7) is 9.97. The molecule has 1 heterocycles. The van der Waals surface area contributed by atoms with E-state index in [1.807, 2.05) is 12.1 Å². The van der Waals surface area contributed by atoms with E-state index in [1.165, 1.54) is 16.8 Å². The van der Waals surface area contributed by atoms with Crippen molar-refractivity contribution in [3.8, 4) is 11.5 Å². The predicted octanol–water partition coefficient (Wildman–Crippen LogP) is 3.21. The van der Waals surface area contributed by atoms with E-state index in [0.29, 0.717) is 5.75 Å². The van der Waals surface area contributed by atoms with Crippen LogP contribution in [0.15, 0.2) is 42.5 Å². The fourth-order valence-corrected chi connectivity index (χ4v) is 3.20. The molecule has 0 aliphatic carbocycles. The van der Waals surface area contributed by atoms with Crippen molar-refractivity contribution in [2.24, 2.45) is 0 Å². The first-order valence-corrected chi connectivity index (χ1v) is 8.57. The lowest BCUT2D eigenvalue weighted by atomic mass is 10.1. The van der Waals surface area contributed by atoms with E-state index in [9.17, 15) is 5.11 Å². The van der Waals surface area contributed by atoms with Crippen LogP contribution in [0.25, 0.3) is 0 Å². The highest BCUT2D eigenvalue weighted by molar-refractivity contribution is 5.49. The Morgan fingerprint density at radius 1 is 0.917 bits per heavy atom. The summed E-state index contributed by atoms with van der Waals surface area (Å²) in [6, 6.07) is 13.8. The Kier molecular flexibility index (Phi) is 5.26. The molecule has 3 rings (SSSR count). The molecule has 0 bridgehead atoms. The van der Waals surface area contributed by atoms with Crippen LogP contribution in [0.5, 0.6) is 11.5 Å². The van der Waals surface area contributed by atoms with Crippen LogP contribution in [0.1, 0.15) is 11.1 Å². The molecule has 0 spiro atoms. The van der Waals surface area contributed by atoms with Gasteiger partial charge < -0.3 is 14.7 Å². The Morgan fingerprint density at radius 3 is 2.17 bits per heavy atom. The van der Waals surface area contributed by atoms with Crippen molar-refractivity contribution < 1.29 is 9.84 Å². The summed E-state index contributed by atoms with van der Waals surface area (Å²) in [5, 5.41) is 9.38. The Labute approximate surface area is 144 Å². The number of aryl methyl sites for hydroxylation is 2. The maximum absolute atomic E-state index is 9.38. The maximum atomic E-state index is 9.38. The number of phenolic OH excluding ortho intramolecular Hbond substituents is 1. The van der Waals surface area contributed by atoms with Gasteiger partial charge >= 0.3 is 0 Å². The van der Waals surface area contributed by atoms with E-state index in [1.54, 1.807) is 12.1 Å². The third-order valence-electron chi connectivity index (χ3n) is 4.46. The molecule has 1 aliphatic rings. The van der Waals surface area contributed by atoms with Crippen LogP contribution < -0.4 is 9.64 Å². The van der Waals surface area contributed by atoms with Gasteiger partial charge in [0.15, 0.2) is 0 Å². The predicted molar refractivity (Wildman–Crippen MR) is 98.2 cm³/mol. The molecule has 4 heteroatoms. The number of anilines is 1. The van der Waals surface area contributed by atoms with Gasteiger partial charge in [-0.1, -0.05) is 6.07 Å². The molecular weight excluding hydrogens is 300 g/mol. The van der Waals surface area contributed by atoms with E-state index in [2.05, 4.69) is 41.8 Å². The van der Waals surface area contributed by atoms with Crippen LogP contribution in [0, 0.1) is 13.8 Å². The summed E-state index contributed by atoms with van der Waals surface area (Å²) in [5.74, 6) is 1.29. The van der Waals surface area contributed by atoms with Gasteiger partial charge in [0.1, 0.15) is 18.1 Å². The zero-order valence-electron chi connectivity index (χ0n) is 14.5. The number of piperazine rings is 1. The lowest BCUT2D eigenvalue weighted by Crippen LogP contribution is -2.47. The van der Waals surface area contributed by atoms with Crippen LogP contribution in [-0.4, -0.2) is 49.3 Å². The molecule has 1 saturated heterocycles. The molecular formula is C20H26N2O2. The zero-order chi connectivity index (χ0) is 16.9. The monoisotopic (exact) mass is 326 g/mol. The van der Waals surface area contributed by atoms with Gasteiger partial charge in [-0.05, 0) is 61.4 Å². The Morgan fingerprint density at radius 2 is 1.54 bits per heavy atom. The molecule has 1 N–H and O–H groups in total. The first kappa shape index (κ1) is 16.7. The molecule has 128 valence electrons. The Bertz CT molecular complexity index is 642. The molecule has 2 aromatic carbocycles. The first-order valence-electron chi connectivity index (χ1n) is 8.57. The normalized spacial score (nSPS) is 15.5. The van der Waals surface area contributed by atoms with Crippen LogP contribution in [-0.2, 0) is 0 Å². The second kappa shape index (κ2) is 7.58. The van der Waals surface area contributed by atoms with E-state index >= 15 is 0 Å². The fourth-order valence-electron chi connectivity index (χ4n) is 3.20.